The van der Waals surface area contributed by atoms with Gasteiger partial charge in [-0.2, -0.15) is 0 Å². The lowest BCUT2D eigenvalue weighted by atomic mass is 10.1. The summed E-state index contributed by atoms with van der Waals surface area (Å²) in [5, 5.41) is 11.9. The van der Waals surface area contributed by atoms with Crippen molar-refractivity contribution >= 4 is 11.6 Å². The Morgan fingerprint density at radius 1 is 1.53 bits per heavy atom. The molecule has 0 aliphatic carbocycles. The minimum Gasteiger partial charge on any atom is -0.478 e. The number of benzene rings is 1. The molecule has 0 fully saturated rings. The average molecular weight is 207 g/mol. The molecule has 2 rings (SSSR count). The Bertz CT molecular complexity index is 389. The number of nitrogens with one attached hydrogen (secondary N) is 1. The van der Waals surface area contributed by atoms with E-state index >= 15 is 0 Å². The van der Waals surface area contributed by atoms with E-state index in [-0.39, 0.29) is 12.5 Å². The molecule has 0 aromatic heterocycles. The summed E-state index contributed by atoms with van der Waals surface area (Å²) in [7, 11) is 0. The second-order valence-electron chi connectivity index (χ2n) is 3.46. The Balaban J connectivity index is 2.40. The molecule has 1 aromatic carbocycles. The van der Waals surface area contributed by atoms with Gasteiger partial charge in [0.15, 0.2) is 6.10 Å². The molecule has 80 valence electrons. The Labute approximate surface area is 87.9 Å². The normalized spacial score (nSPS) is 19.1. The molecule has 1 aliphatic heterocycles. The van der Waals surface area contributed by atoms with E-state index in [0.717, 1.165) is 0 Å². The third-order valence-corrected chi connectivity index (χ3v) is 2.45. The van der Waals surface area contributed by atoms with Crippen molar-refractivity contribution in [3.8, 4) is 5.75 Å². The van der Waals surface area contributed by atoms with Crippen LogP contribution in [0.3, 0.4) is 0 Å². The SMILES string of the molecule is CCC1Oc2c(CO)cccc2NC1=O. The average Bonchev–Trinajstić information content (AvgIpc) is 2.27. The zero-order valence-electron chi connectivity index (χ0n) is 8.49. The van der Waals surface area contributed by atoms with Crippen LogP contribution in [0.2, 0.25) is 0 Å². The van der Waals surface area contributed by atoms with Gasteiger partial charge in [-0.1, -0.05) is 19.1 Å². The van der Waals surface area contributed by atoms with Gasteiger partial charge in [-0.25, -0.2) is 0 Å². The Morgan fingerprint density at radius 3 is 3.00 bits per heavy atom. The highest BCUT2D eigenvalue weighted by atomic mass is 16.5. The number of aliphatic hydroxyl groups excluding tert-OH is 1. The van der Waals surface area contributed by atoms with Crippen molar-refractivity contribution in [3.05, 3.63) is 23.8 Å². The first-order valence-corrected chi connectivity index (χ1v) is 4.96. The molecule has 0 saturated carbocycles. The summed E-state index contributed by atoms with van der Waals surface area (Å²) in [5.41, 5.74) is 1.34. The molecule has 0 radical (unpaired) electrons. The van der Waals surface area contributed by atoms with E-state index in [1.54, 1.807) is 18.2 Å². The van der Waals surface area contributed by atoms with Gasteiger partial charge >= 0.3 is 0 Å². The predicted molar refractivity (Wildman–Crippen MR) is 55.7 cm³/mol. The van der Waals surface area contributed by atoms with Crippen molar-refractivity contribution in [1.82, 2.24) is 0 Å². The molecular weight excluding hydrogens is 194 g/mol. The third kappa shape index (κ3) is 1.68. The number of amides is 1. The predicted octanol–water partition coefficient (Wildman–Crippen LogP) is 1.29. The Kier molecular flexibility index (Phi) is 2.60. The zero-order valence-corrected chi connectivity index (χ0v) is 8.49. The van der Waals surface area contributed by atoms with Crippen molar-refractivity contribution in [3.63, 3.8) is 0 Å². The van der Waals surface area contributed by atoms with Gasteiger partial charge in [0.2, 0.25) is 0 Å². The number of ether oxygens (including phenoxy) is 1. The van der Waals surface area contributed by atoms with Gasteiger partial charge in [0.25, 0.3) is 5.91 Å². The Morgan fingerprint density at radius 2 is 2.33 bits per heavy atom. The van der Waals surface area contributed by atoms with Gasteiger partial charge in [0.05, 0.1) is 12.3 Å². The highest BCUT2D eigenvalue weighted by molar-refractivity contribution is 5.97. The van der Waals surface area contributed by atoms with E-state index in [1.807, 2.05) is 6.92 Å². The molecule has 1 amide bonds. The molecule has 0 bridgehead atoms. The van der Waals surface area contributed by atoms with Gasteiger partial charge in [-0.15, -0.1) is 0 Å². The van der Waals surface area contributed by atoms with Gasteiger partial charge in [0, 0.05) is 5.56 Å². The summed E-state index contributed by atoms with van der Waals surface area (Å²) in [4.78, 5) is 11.5. The number of hydrogen-bond donors (Lipinski definition) is 2. The van der Waals surface area contributed by atoms with Crippen LogP contribution in [-0.4, -0.2) is 17.1 Å². The van der Waals surface area contributed by atoms with E-state index in [4.69, 9.17) is 9.84 Å². The summed E-state index contributed by atoms with van der Waals surface area (Å²) in [5.74, 6) is 0.464. The molecule has 0 spiro atoms. The molecule has 1 aromatic rings. The molecule has 15 heavy (non-hydrogen) atoms. The number of anilines is 1. The summed E-state index contributed by atoms with van der Waals surface area (Å²) in [6.45, 7) is 1.80. The molecule has 4 heteroatoms. The van der Waals surface area contributed by atoms with Crippen molar-refractivity contribution in [1.29, 1.82) is 0 Å². The van der Waals surface area contributed by atoms with E-state index in [2.05, 4.69) is 5.32 Å². The number of carbonyl (C=O) groups is 1. The van der Waals surface area contributed by atoms with E-state index < -0.39 is 6.10 Å². The number of hydrogen-bond acceptors (Lipinski definition) is 3. The second-order valence-corrected chi connectivity index (χ2v) is 3.46. The topological polar surface area (TPSA) is 58.6 Å². The molecule has 0 saturated heterocycles. The number of aliphatic hydroxyl groups is 1. The second kappa shape index (κ2) is 3.90. The number of rotatable bonds is 2. The third-order valence-electron chi connectivity index (χ3n) is 2.45. The lowest BCUT2D eigenvalue weighted by molar-refractivity contribution is -0.123. The summed E-state index contributed by atoms with van der Waals surface area (Å²) in [6.07, 6.45) is 0.163. The van der Waals surface area contributed by atoms with Crippen molar-refractivity contribution in [2.75, 3.05) is 5.32 Å². The van der Waals surface area contributed by atoms with Crippen molar-refractivity contribution in [2.24, 2.45) is 0 Å². The van der Waals surface area contributed by atoms with Crippen LogP contribution in [0, 0.1) is 0 Å². The standard InChI is InChI=1S/C11H13NO3/c1-2-9-11(14)12-8-5-3-4-7(6-13)10(8)15-9/h3-5,9,13H,2,6H2,1H3,(H,12,14). The van der Waals surface area contributed by atoms with Crippen LogP contribution in [-0.2, 0) is 11.4 Å². The van der Waals surface area contributed by atoms with Crippen LogP contribution in [0.15, 0.2) is 18.2 Å². The van der Waals surface area contributed by atoms with E-state index in [0.29, 0.717) is 23.4 Å². The molecular formula is C11H13NO3. The first kappa shape index (κ1) is 9.98. The summed E-state index contributed by atoms with van der Waals surface area (Å²) >= 11 is 0. The van der Waals surface area contributed by atoms with Crippen LogP contribution in [0.1, 0.15) is 18.9 Å². The first-order valence-electron chi connectivity index (χ1n) is 4.96. The summed E-state index contributed by atoms with van der Waals surface area (Å²) < 4.78 is 5.54. The Hall–Kier alpha value is -1.55. The fraction of sp³-hybridized carbons (Fsp3) is 0.364. The minimum atomic E-state index is -0.454. The highest BCUT2D eigenvalue weighted by Crippen LogP contribution is 2.33. The van der Waals surface area contributed by atoms with Gasteiger partial charge < -0.3 is 15.2 Å². The lowest BCUT2D eigenvalue weighted by Gasteiger charge is -2.26. The van der Waals surface area contributed by atoms with Crippen LogP contribution < -0.4 is 10.1 Å². The van der Waals surface area contributed by atoms with Gasteiger partial charge in [-0.3, -0.25) is 4.79 Å². The fourth-order valence-corrected chi connectivity index (χ4v) is 1.62. The molecule has 1 heterocycles. The monoisotopic (exact) mass is 207 g/mol. The molecule has 1 aliphatic rings. The summed E-state index contributed by atoms with van der Waals surface area (Å²) in [6, 6.07) is 5.32. The van der Waals surface area contributed by atoms with Crippen molar-refractivity contribution < 1.29 is 14.6 Å². The molecule has 2 N–H and O–H groups in total. The van der Waals surface area contributed by atoms with Gasteiger partial charge in [-0.05, 0) is 12.5 Å². The lowest BCUT2D eigenvalue weighted by Crippen LogP contribution is -2.36. The quantitative estimate of drug-likeness (QED) is 0.768. The van der Waals surface area contributed by atoms with E-state index in [9.17, 15) is 4.79 Å². The van der Waals surface area contributed by atoms with Gasteiger partial charge in [0.1, 0.15) is 5.75 Å². The maximum atomic E-state index is 11.5. The smallest absolute Gasteiger partial charge is 0.265 e. The fourth-order valence-electron chi connectivity index (χ4n) is 1.62. The van der Waals surface area contributed by atoms with Crippen LogP contribution in [0.25, 0.3) is 0 Å². The molecule has 1 atom stereocenters. The number of para-hydroxylation sites is 1. The van der Waals surface area contributed by atoms with Crippen LogP contribution >= 0.6 is 0 Å². The van der Waals surface area contributed by atoms with Crippen LogP contribution in [0.5, 0.6) is 5.75 Å². The molecule has 1 unspecified atom stereocenters. The maximum absolute atomic E-state index is 11.5. The molecule has 4 nitrogen and oxygen atoms in total. The maximum Gasteiger partial charge on any atom is 0.265 e. The van der Waals surface area contributed by atoms with E-state index in [1.165, 1.54) is 0 Å². The minimum absolute atomic E-state index is 0.0878. The van der Waals surface area contributed by atoms with Crippen LogP contribution in [0.4, 0.5) is 5.69 Å². The number of carbonyl (C=O) groups excluding carboxylic acids is 1. The highest BCUT2D eigenvalue weighted by Gasteiger charge is 2.27. The largest absolute Gasteiger partial charge is 0.478 e. The number of fused-ring (bicyclic) bond motifs is 1. The van der Waals surface area contributed by atoms with Crippen molar-refractivity contribution in [2.45, 2.75) is 26.1 Å². The zero-order chi connectivity index (χ0) is 10.8. The first-order chi connectivity index (χ1) is 7.26.